The molecule has 1 aromatic carbocycles. The number of carboxylic acid groups (broad SMARTS) is 2. The van der Waals surface area contributed by atoms with Crippen molar-refractivity contribution in [2.75, 3.05) is 41.3 Å². The maximum atomic E-state index is 13.7. The van der Waals surface area contributed by atoms with Crippen LogP contribution in [0.25, 0.3) is 0 Å². The number of halogens is 9. The van der Waals surface area contributed by atoms with Gasteiger partial charge in [-0.05, 0) is 55.7 Å². The number of benzene rings is 1. The molecule has 1 fully saturated rings. The zero-order valence-corrected chi connectivity index (χ0v) is 24.6. The summed E-state index contributed by atoms with van der Waals surface area (Å²) in [7, 11) is 0. The lowest BCUT2D eigenvalue weighted by molar-refractivity contribution is -0.192. The van der Waals surface area contributed by atoms with Crippen LogP contribution in [0.1, 0.15) is 35.2 Å². The Balaban J connectivity index is 0.000000671. The van der Waals surface area contributed by atoms with Crippen LogP contribution in [0.3, 0.4) is 0 Å². The highest BCUT2D eigenvalue weighted by Gasteiger charge is 2.38. The minimum atomic E-state index is -5.08. The summed E-state index contributed by atoms with van der Waals surface area (Å²) < 4.78 is 112. The molecule has 3 N–H and O–H groups in total. The SMILES string of the molecule is O=C(O)C(F)(F)F.O=C(O)C1CCN(c2nc3c(c(Nc4ccc(C(F)(F)F)cc4)n2)CCN(c2ncccc2C(F)(F)F)CC3)CC1. The van der Waals surface area contributed by atoms with Crippen molar-refractivity contribution in [3.63, 3.8) is 0 Å². The number of aromatic nitrogens is 3. The molecule has 2 aliphatic heterocycles. The second kappa shape index (κ2) is 14.1. The highest BCUT2D eigenvalue weighted by atomic mass is 19.4. The van der Waals surface area contributed by atoms with Gasteiger partial charge < -0.3 is 25.3 Å². The van der Waals surface area contributed by atoms with E-state index in [9.17, 15) is 49.4 Å². The van der Waals surface area contributed by atoms with E-state index in [0.717, 1.165) is 18.2 Å². The quantitative estimate of drug-likeness (QED) is 0.266. The zero-order chi connectivity index (χ0) is 35.4. The van der Waals surface area contributed by atoms with Crippen LogP contribution >= 0.6 is 0 Å². The Bertz CT molecular complexity index is 1610. The van der Waals surface area contributed by atoms with Crippen LogP contribution < -0.4 is 15.1 Å². The molecule has 0 bridgehead atoms. The third-order valence-corrected chi connectivity index (χ3v) is 7.57. The van der Waals surface area contributed by atoms with Gasteiger partial charge in [-0.25, -0.2) is 14.8 Å². The number of aliphatic carboxylic acids is 2. The summed E-state index contributed by atoms with van der Waals surface area (Å²) in [6.07, 6.45) is -11.5. The maximum absolute atomic E-state index is 13.7. The Morgan fingerprint density at radius 1 is 0.792 bits per heavy atom. The molecule has 10 nitrogen and oxygen atoms in total. The van der Waals surface area contributed by atoms with Crippen molar-refractivity contribution in [2.45, 2.75) is 44.2 Å². The molecule has 2 aliphatic rings. The summed E-state index contributed by atoms with van der Waals surface area (Å²) in [4.78, 5) is 37.1. The summed E-state index contributed by atoms with van der Waals surface area (Å²) in [5, 5.41) is 19.5. The molecule has 0 amide bonds. The molecule has 3 aromatic rings. The molecular weight excluding hydrogens is 667 g/mol. The lowest BCUT2D eigenvalue weighted by Gasteiger charge is -2.31. The largest absolute Gasteiger partial charge is 0.490 e. The monoisotopic (exact) mass is 694 g/mol. The van der Waals surface area contributed by atoms with Crippen LogP contribution in [0.5, 0.6) is 0 Å². The lowest BCUT2D eigenvalue weighted by Crippen LogP contribution is -2.37. The summed E-state index contributed by atoms with van der Waals surface area (Å²) in [6.45, 7) is 1.17. The molecule has 0 aliphatic carbocycles. The van der Waals surface area contributed by atoms with E-state index in [-0.39, 0.29) is 31.7 Å². The number of alkyl halides is 9. The van der Waals surface area contributed by atoms with E-state index in [0.29, 0.717) is 54.6 Å². The third kappa shape index (κ3) is 8.94. The Kier molecular flexibility index (Phi) is 10.6. The molecule has 1 saturated heterocycles. The van der Waals surface area contributed by atoms with Gasteiger partial charge >= 0.3 is 30.5 Å². The normalized spacial score (nSPS) is 15.9. The summed E-state index contributed by atoms with van der Waals surface area (Å²) in [5.41, 5.74) is -0.0717. The summed E-state index contributed by atoms with van der Waals surface area (Å²) in [5.74, 6) is -3.63. The number of nitrogens with one attached hydrogen (secondary N) is 1. The number of anilines is 4. The average molecular weight is 695 g/mol. The van der Waals surface area contributed by atoms with Crippen LogP contribution in [-0.4, -0.2) is 69.5 Å². The van der Waals surface area contributed by atoms with E-state index in [4.69, 9.17) is 14.9 Å². The van der Waals surface area contributed by atoms with Crippen LogP contribution in [0.2, 0.25) is 0 Å². The maximum Gasteiger partial charge on any atom is 0.490 e. The Morgan fingerprint density at radius 2 is 1.40 bits per heavy atom. The van der Waals surface area contributed by atoms with Gasteiger partial charge in [0.15, 0.2) is 0 Å². The van der Waals surface area contributed by atoms with Crippen molar-refractivity contribution in [3.05, 3.63) is 65.0 Å². The van der Waals surface area contributed by atoms with Gasteiger partial charge in [-0.3, -0.25) is 4.79 Å². The number of carbonyl (C=O) groups is 2. The molecular formula is C29H27F9N6O4. The second-order valence-electron chi connectivity index (χ2n) is 10.8. The minimum absolute atomic E-state index is 0.182. The number of hydrogen-bond donors (Lipinski definition) is 3. The van der Waals surface area contributed by atoms with Gasteiger partial charge in [0, 0.05) is 50.0 Å². The number of rotatable bonds is 5. The summed E-state index contributed by atoms with van der Waals surface area (Å²) >= 11 is 0. The second-order valence-corrected chi connectivity index (χ2v) is 10.8. The van der Waals surface area contributed by atoms with Gasteiger partial charge in [0.25, 0.3) is 0 Å². The van der Waals surface area contributed by atoms with E-state index >= 15 is 0 Å². The summed E-state index contributed by atoms with van der Waals surface area (Å²) in [6, 6.07) is 6.67. The number of carboxylic acids is 2. The highest BCUT2D eigenvalue weighted by Crippen LogP contribution is 2.37. The number of hydrogen-bond acceptors (Lipinski definition) is 8. The van der Waals surface area contributed by atoms with Crippen molar-refractivity contribution in [1.82, 2.24) is 15.0 Å². The first-order valence-electron chi connectivity index (χ1n) is 14.2. The van der Waals surface area contributed by atoms with Crippen LogP contribution in [-0.2, 0) is 34.8 Å². The van der Waals surface area contributed by atoms with E-state index in [1.165, 1.54) is 24.4 Å². The van der Waals surface area contributed by atoms with Crippen molar-refractivity contribution < 1.29 is 59.3 Å². The van der Waals surface area contributed by atoms with Crippen LogP contribution in [0, 0.1) is 5.92 Å². The Morgan fingerprint density at radius 3 is 1.94 bits per heavy atom. The van der Waals surface area contributed by atoms with E-state index < -0.39 is 47.5 Å². The number of fused-ring (bicyclic) bond motifs is 1. The van der Waals surface area contributed by atoms with E-state index in [2.05, 4.69) is 15.3 Å². The predicted molar refractivity (Wildman–Crippen MR) is 152 cm³/mol. The highest BCUT2D eigenvalue weighted by molar-refractivity contribution is 5.73. The van der Waals surface area contributed by atoms with Gasteiger partial charge in [0.1, 0.15) is 11.6 Å². The Hall–Kier alpha value is -4.84. The first kappa shape index (κ1) is 36.0. The molecule has 5 rings (SSSR count). The van der Waals surface area contributed by atoms with Crippen molar-refractivity contribution in [2.24, 2.45) is 5.92 Å². The lowest BCUT2D eigenvalue weighted by atomic mass is 9.97. The zero-order valence-electron chi connectivity index (χ0n) is 24.6. The number of pyridine rings is 1. The number of nitrogens with zero attached hydrogens (tertiary/aromatic N) is 5. The Labute approximate surface area is 266 Å². The standard InChI is InChI=1S/C27H26F6N6O2.C2HF3O2/c28-26(29,30)17-3-5-18(6-4-17)35-22-19-9-14-38(23-20(27(31,32)33)2-1-11-34-23)15-10-21(19)36-25(37-22)39-12-7-16(8-13-39)24(40)41;3-2(4,5)1(6)7/h1-6,11,16H,7-10,12-15H2,(H,40,41)(H,35,36,37);(H,6,7). The average Bonchev–Trinajstić information content (AvgIpc) is 3.23. The molecule has 48 heavy (non-hydrogen) atoms. The predicted octanol–water partition coefficient (Wildman–Crippen LogP) is 6.19. The molecule has 0 unspecified atom stereocenters. The van der Waals surface area contributed by atoms with Gasteiger partial charge in [-0.2, -0.15) is 44.5 Å². The fraction of sp³-hybridized carbons (Fsp3) is 0.414. The van der Waals surface area contributed by atoms with Crippen molar-refractivity contribution >= 4 is 35.2 Å². The van der Waals surface area contributed by atoms with Gasteiger partial charge in [0.05, 0.1) is 22.7 Å². The van der Waals surface area contributed by atoms with Crippen molar-refractivity contribution in [3.8, 4) is 0 Å². The fourth-order valence-corrected chi connectivity index (χ4v) is 5.12. The van der Waals surface area contributed by atoms with Crippen LogP contribution in [0.15, 0.2) is 42.6 Å². The minimum Gasteiger partial charge on any atom is -0.481 e. The first-order valence-corrected chi connectivity index (χ1v) is 14.2. The van der Waals surface area contributed by atoms with Gasteiger partial charge in [-0.15, -0.1) is 0 Å². The first-order chi connectivity index (χ1) is 22.3. The van der Waals surface area contributed by atoms with E-state index in [1.54, 1.807) is 4.90 Å². The molecule has 0 spiro atoms. The fourth-order valence-electron chi connectivity index (χ4n) is 5.12. The van der Waals surface area contributed by atoms with Gasteiger partial charge in [0.2, 0.25) is 5.95 Å². The molecule has 19 heteroatoms. The van der Waals surface area contributed by atoms with Gasteiger partial charge in [-0.1, -0.05) is 0 Å². The molecule has 0 radical (unpaired) electrons. The topological polar surface area (TPSA) is 132 Å². The molecule has 4 heterocycles. The molecule has 2 aromatic heterocycles. The number of piperidine rings is 1. The smallest absolute Gasteiger partial charge is 0.481 e. The molecule has 0 atom stereocenters. The van der Waals surface area contributed by atoms with Crippen LogP contribution in [0.4, 0.5) is 62.8 Å². The van der Waals surface area contributed by atoms with E-state index in [1.807, 2.05) is 4.90 Å². The molecule has 0 saturated carbocycles. The third-order valence-electron chi connectivity index (χ3n) is 7.57. The molecule has 260 valence electrons. The van der Waals surface area contributed by atoms with Crippen molar-refractivity contribution in [1.29, 1.82) is 0 Å².